The van der Waals surface area contributed by atoms with Crippen LogP contribution in [0.15, 0.2) is 22.7 Å². The van der Waals surface area contributed by atoms with E-state index >= 15 is 0 Å². The molecule has 0 bridgehead atoms. The Morgan fingerprint density at radius 3 is 2.44 bits per heavy atom. The molecule has 3 rings (SSSR count). The van der Waals surface area contributed by atoms with Crippen molar-refractivity contribution in [3.63, 3.8) is 0 Å². The SMILES string of the molecule is O=C1CCN(C2(c3ccc(Br)c(Cl)c3)CC2)CC1. The Hall–Kier alpha value is -0.380. The van der Waals surface area contributed by atoms with Gasteiger partial charge in [0, 0.05) is 35.9 Å². The summed E-state index contributed by atoms with van der Waals surface area (Å²) in [7, 11) is 0. The van der Waals surface area contributed by atoms with E-state index in [4.69, 9.17) is 11.6 Å². The van der Waals surface area contributed by atoms with Gasteiger partial charge in [-0.25, -0.2) is 0 Å². The van der Waals surface area contributed by atoms with Crippen molar-refractivity contribution in [1.29, 1.82) is 0 Å². The minimum absolute atomic E-state index is 0.158. The molecule has 1 saturated heterocycles. The summed E-state index contributed by atoms with van der Waals surface area (Å²) in [6, 6.07) is 6.24. The van der Waals surface area contributed by atoms with E-state index in [1.54, 1.807) is 0 Å². The van der Waals surface area contributed by atoms with Crippen molar-refractivity contribution in [3.05, 3.63) is 33.3 Å². The van der Waals surface area contributed by atoms with E-state index < -0.39 is 0 Å². The number of hydrogen-bond donors (Lipinski definition) is 0. The van der Waals surface area contributed by atoms with E-state index in [0.717, 1.165) is 22.6 Å². The van der Waals surface area contributed by atoms with Crippen LogP contribution in [0, 0.1) is 0 Å². The van der Waals surface area contributed by atoms with E-state index in [-0.39, 0.29) is 5.54 Å². The highest BCUT2D eigenvalue weighted by atomic mass is 79.9. The highest BCUT2D eigenvalue weighted by Crippen LogP contribution is 2.52. The molecule has 0 amide bonds. The van der Waals surface area contributed by atoms with Gasteiger partial charge >= 0.3 is 0 Å². The molecule has 0 spiro atoms. The first-order valence-electron chi connectivity index (χ1n) is 6.34. The van der Waals surface area contributed by atoms with Gasteiger partial charge in [-0.2, -0.15) is 0 Å². The predicted octanol–water partition coefficient (Wildman–Crippen LogP) is 3.76. The molecule has 0 atom stereocenters. The van der Waals surface area contributed by atoms with Crippen LogP contribution in [0.1, 0.15) is 31.2 Å². The molecule has 1 saturated carbocycles. The van der Waals surface area contributed by atoms with E-state index in [1.807, 2.05) is 6.07 Å². The number of rotatable bonds is 2. The quantitative estimate of drug-likeness (QED) is 0.824. The molecule has 0 radical (unpaired) electrons. The van der Waals surface area contributed by atoms with Crippen LogP contribution in [0.25, 0.3) is 0 Å². The number of Topliss-reactive ketones (excluding diaryl/α,β-unsaturated/α-hetero) is 1. The maximum absolute atomic E-state index is 11.3. The molecule has 2 aliphatic rings. The number of nitrogens with zero attached hydrogens (tertiary/aromatic N) is 1. The molecule has 1 heterocycles. The molecule has 1 aliphatic heterocycles. The summed E-state index contributed by atoms with van der Waals surface area (Å²) < 4.78 is 0.942. The molecule has 96 valence electrons. The Balaban J connectivity index is 1.86. The van der Waals surface area contributed by atoms with E-state index in [0.29, 0.717) is 18.6 Å². The van der Waals surface area contributed by atoms with Crippen LogP contribution in [0.5, 0.6) is 0 Å². The number of hydrogen-bond acceptors (Lipinski definition) is 2. The average Bonchev–Trinajstić information content (AvgIpc) is 3.15. The van der Waals surface area contributed by atoms with Crippen molar-refractivity contribution in [2.24, 2.45) is 0 Å². The van der Waals surface area contributed by atoms with Crippen molar-refractivity contribution in [3.8, 4) is 0 Å². The van der Waals surface area contributed by atoms with Gasteiger partial charge in [-0.1, -0.05) is 17.7 Å². The lowest BCUT2D eigenvalue weighted by Gasteiger charge is -2.35. The molecule has 1 aromatic carbocycles. The Labute approximate surface area is 120 Å². The zero-order valence-corrected chi connectivity index (χ0v) is 12.4. The zero-order chi connectivity index (χ0) is 12.8. The van der Waals surface area contributed by atoms with Gasteiger partial charge < -0.3 is 0 Å². The summed E-state index contributed by atoms with van der Waals surface area (Å²) in [6.45, 7) is 1.79. The number of ketones is 1. The highest BCUT2D eigenvalue weighted by molar-refractivity contribution is 9.10. The first-order valence-corrected chi connectivity index (χ1v) is 7.51. The topological polar surface area (TPSA) is 20.3 Å². The van der Waals surface area contributed by atoms with Crippen LogP contribution in [-0.2, 0) is 10.3 Å². The fraction of sp³-hybridized carbons (Fsp3) is 0.500. The number of piperidine rings is 1. The lowest BCUT2D eigenvalue weighted by molar-refractivity contribution is -0.122. The number of carbonyl (C=O) groups is 1. The van der Waals surface area contributed by atoms with Gasteiger partial charge in [0.15, 0.2) is 0 Å². The van der Waals surface area contributed by atoms with Gasteiger partial charge in [-0.05, 0) is 46.5 Å². The van der Waals surface area contributed by atoms with Gasteiger partial charge in [0.25, 0.3) is 0 Å². The van der Waals surface area contributed by atoms with Gasteiger partial charge in [-0.3, -0.25) is 9.69 Å². The smallest absolute Gasteiger partial charge is 0.135 e. The van der Waals surface area contributed by atoms with Crippen molar-refractivity contribution < 1.29 is 4.79 Å². The molecule has 1 aromatic rings. The number of benzene rings is 1. The second kappa shape index (κ2) is 4.62. The van der Waals surface area contributed by atoms with E-state index in [1.165, 1.54) is 18.4 Å². The zero-order valence-electron chi connectivity index (χ0n) is 10.1. The first-order chi connectivity index (χ1) is 8.62. The Morgan fingerprint density at radius 2 is 1.89 bits per heavy atom. The lowest BCUT2D eigenvalue weighted by Crippen LogP contribution is -2.41. The van der Waals surface area contributed by atoms with Crippen LogP contribution in [0.4, 0.5) is 0 Å². The van der Waals surface area contributed by atoms with Crippen molar-refractivity contribution >= 4 is 33.3 Å². The molecular weight excluding hydrogens is 314 g/mol. The van der Waals surface area contributed by atoms with Crippen LogP contribution < -0.4 is 0 Å². The predicted molar refractivity (Wildman–Crippen MR) is 75.9 cm³/mol. The monoisotopic (exact) mass is 327 g/mol. The van der Waals surface area contributed by atoms with Crippen LogP contribution in [0.3, 0.4) is 0 Å². The first kappa shape index (κ1) is 12.6. The van der Waals surface area contributed by atoms with Crippen LogP contribution in [-0.4, -0.2) is 23.8 Å². The standard InChI is InChI=1S/C14H15BrClNO/c15-12-2-1-10(9-13(12)16)14(5-6-14)17-7-3-11(18)4-8-17/h1-2,9H,3-8H2. The lowest BCUT2D eigenvalue weighted by atomic mass is 9.99. The number of carbonyl (C=O) groups excluding carboxylic acids is 1. The molecule has 0 unspecified atom stereocenters. The van der Waals surface area contributed by atoms with Gasteiger partial charge in [0.1, 0.15) is 5.78 Å². The largest absolute Gasteiger partial charge is 0.300 e. The Morgan fingerprint density at radius 1 is 1.22 bits per heavy atom. The van der Waals surface area contributed by atoms with Crippen molar-refractivity contribution in [2.45, 2.75) is 31.2 Å². The number of likely N-dealkylation sites (tertiary alicyclic amines) is 1. The summed E-state index contributed by atoms with van der Waals surface area (Å²) in [5.41, 5.74) is 1.45. The normalized spacial score (nSPS) is 23.1. The second-order valence-corrected chi connectivity index (χ2v) is 6.45. The minimum atomic E-state index is 0.158. The highest BCUT2D eigenvalue weighted by Gasteiger charge is 2.49. The maximum Gasteiger partial charge on any atom is 0.135 e. The van der Waals surface area contributed by atoms with Gasteiger partial charge in [0.2, 0.25) is 0 Å². The number of halogens is 2. The van der Waals surface area contributed by atoms with E-state index in [2.05, 4.69) is 33.0 Å². The maximum atomic E-state index is 11.3. The summed E-state index contributed by atoms with van der Waals surface area (Å²) in [5, 5.41) is 0.770. The summed E-state index contributed by atoms with van der Waals surface area (Å²) in [6.07, 6.45) is 3.76. The second-order valence-electron chi connectivity index (χ2n) is 5.19. The molecular formula is C14H15BrClNO. The summed E-state index contributed by atoms with van der Waals surface area (Å²) in [5.74, 6) is 0.399. The molecule has 2 fully saturated rings. The Bertz CT molecular complexity index is 489. The fourth-order valence-corrected chi connectivity index (χ4v) is 3.30. The van der Waals surface area contributed by atoms with E-state index in [9.17, 15) is 4.79 Å². The summed E-state index contributed by atoms with van der Waals surface area (Å²) >= 11 is 9.62. The third-order valence-corrected chi connectivity index (χ3v) is 5.34. The fourth-order valence-electron chi connectivity index (χ4n) is 2.88. The van der Waals surface area contributed by atoms with Crippen LogP contribution >= 0.6 is 27.5 Å². The molecule has 1 aliphatic carbocycles. The third kappa shape index (κ3) is 2.13. The van der Waals surface area contributed by atoms with Crippen molar-refractivity contribution in [2.75, 3.05) is 13.1 Å². The minimum Gasteiger partial charge on any atom is -0.300 e. The van der Waals surface area contributed by atoms with Gasteiger partial charge in [-0.15, -0.1) is 0 Å². The van der Waals surface area contributed by atoms with Gasteiger partial charge in [0.05, 0.1) is 5.02 Å². The van der Waals surface area contributed by atoms with Crippen LogP contribution in [0.2, 0.25) is 5.02 Å². The summed E-state index contributed by atoms with van der Waals surface area (Å²) in [4.78, 5) is 13.8. The molecule has 2 nitrogen and oxygen atoms in total. The molecule has 18 heavy (non-hydrogen) atoms. The average molecular weight is 329 g/mol. The molecule has 0 N–H and O–H groups in total. The Kier molecular flexibility index (Phi) is 3.25. The molecule has 0 aromatic heterocycles. The third-order valence-electron chi connectivity index (χ3n) is 4.11. The molecule has 4 heteroatoms. The van der Waals surface area contributed by atoms with Crippen molar-refractivity contribution in [1.82, 2.24) is 4.90 Å².